The Morgan fingerprint density at radius 1 is 1.17 bits per heavy atom. The Hall–Kier alpha value is -1.45. The summed E-state index contributed by atoms with van der Waals surface area (Å²) < 4.78 is 5.35. The second-order valence-electron chi connectivity index (χ2n) is 4.82. The van der Waals surface area contributed by atoms with E-state index in [4.69, 9.17) is 4.74 Å². The van der Waals surface area contributed by atoms with Crippen molar-refractivity contribution in [1.82, 2.24) is 4.98 Å². The van der Waals surface area contributed by atoms with Crippen LogP contribution in [0.15, 0.2) is 36.5 Å². The van der Waals surface area contributed by atoms with Crippen LogP contribution in [-0.2, 0) is 4.74 Å². The average molecular weight is 243 g/mol. The molecule has 1 saturated heterocycles. The number of benzene rings is 1. The molecule has 1 aliphatic heterocycles. The van der Waals surface area contributed by atoms with Crippen LogP contribution in [0.25, 0.3) is 10.9 Å². The Morgan fingerprint density at radius 2 is 1.94 bits per heavy atom. The number of aliphatic hydroxyl groups excluding tert-OH is 1. The maximum Gasteiger partial charge on any atom is 0.0840 e. The summed E-state index contributed by atoms with van der Waals surface area (Å²) in [5.41, 5.74) is 1.86. The second-order valence-corrected chi connectivity index (χ2v) is 4.82. The first-order valence-electron chi connectivity index (χ1n) is 6.46. The van der Waals surface area contributed by atoms with Crippen molar-refractivity contribution in [3.8, 4) is 0 Å². The number of hydrogen-bond donors (Lipinski definition) is 1. The Balaban J connectivity index is 1.97. The minimum Gasteiger partial charge on any atom is -0.388 e. The van der Waals surface area contributed by atoms with Crippen molar-refractivity contribution >= 4 is 10.9 Å². The maximum atomic E-state index is 10.5. The van der Waals surface area contributed by atoms with Crippen LogP contribution in [0.5, 0.6) is 0 Å². The van der Waals surface area contributed by atoms with Gasteiger partial charge in [0.15, 0.2) is 0 Å². The smallest absolute Gasteiger partial charge is 0.0840 e. The van der Waals surface area contributed by atoms with E-state index in [-0.39, 0.29) is 5.92 Å². The molecule has 0 aliphatic carbocycles. The SMILES string of the molecule is OC(c1cccc2cccnc12)C1CCOCC1. The molecule has 1 N–H and O–H groups in total. The molecule has 2 heterocycles. The second kappa shape index (κ2) is 5.04. The average Bonchev–Trinajstić information content (AvgIpc) is 2.47. The van der Waals surface area contributed by atoms with Gasteiger partial charge in [0.1, 0.15) is 0 Å². The van der Waals surface area contributed by atoms with E-state index in [0.717, 1.165) is 42.5 Å². The van der Waals surface area contributed by atoms with Crippen molar-refractivity contribution in [3.05, 3.63) is 42.1 Å². The first-order chi connectivity index (χ1) is 8.86. The fourth-order valence-corrected chi connectivity index (χ4v) is 2.65. The Morgan fingerprint density at radius 3 is 2.78 bits per heavy atom. The molecule has 94 valence electrons. The van der Waals surface area contributed by atoms with E-state index in [0.29, 0.717) is 0 Å². The Kier molecular flexibility index (Phi) is 3.26. The van der Waals surface area contributed by atoms with Crippen molar-refractivity contribution in [2.75, 3.05) is 13.2 Å². The number of rotatable bonds is 2. The number of para-hydroxylation sites is 1. The van der Waals surface area contributed by atoms with E-state index in [9.17, 15) is 5.11 Å². The highest BCUT2D eigenvalue weighted by Gasteiger charge is 2.24. The van der Waals surface area contributed by atoms with E-state index in [1.807, 2.05) is 30.3 Å². The predicted octanol–water partition coefficient (Wildman–Crippen LogP) is 2.69. The van der Waals surface area contributed by atoms with Crippen LogP contribution in [0.3, 0.4) is 0 Å². The predicted molar refractivity (Wildman–Crippen MR) is 70.2 cm³/mol. The van der Waals surface area contributed by atoms with Gasteiger partial charge in [-0.05, 0) is 24.8 Å². The minimum absolute atomic E-state index is 0.284. The molecule has 3 heteroatoms. The molecule has 0 radical (unpaired) electrons. The molecule has 3 rings (SSSR count). The lowest BCUT2D eigenvalue weighted by molar-refractivity contribution is 0.00766. The molecule has 1 atom stereocenters. The van der Waals surface area contributed by atoms with E-state index in [1.165, 1.54) is 0 Å². The molecule has 1 aromatic heterocycles. The van der Waals surface area contributed by atoms with Gasteiger partial charge >= 0.3 is 0 Å². The van der Waals surface area contributed by atoms with Gasteiger partial charge in [-0.3, -0.25) is 4.98 Å². The lowest BCUT2D eigenvalue weighted by atomic mass is 9.88. The van der Waals surface area contributed by atoms with Crippen LogP contribution in [-0.4, -0.2) is 23.3 Å². The summed E-state index contributed by atoms with van der Waals surface area (Å²) in [6.07, 6.45) is 3.18. The summed E-state index contributed by atoms with van der Waals surface area (Å²) in [6.45, 7) is 1.50. The third kappa shape index (κ3) is 2.11. The molecule has 1 aromatic carbocycles. The number of ether oxygens (including phenoxy) is 1. The van der Waals surface area contributed by atoms with Gasteiger partial charge in [0.25, 0.3) is 0 Å². The normalized spacial score (nSPS) is 18.9. The largest absolute Gasteiger partial charge is 0.388 e. The number of fused-ring (bicyclic) bond motifs is 1. The summed E-state index contributed by atoms with van der Waals surface area (Å²) >= 11 is 0. The lowest BCUT2D eigenvalue weighted by Gasteiger charge is -2.27. The molecule has 0 saturated carbocycles. The summed E-state index contributed by atoms with van der Waals surface area (Å²) in [4.78, 5) is 4.41. The minimum atomic E-state index is -0.438. The van der Waals surface area contributed by atoms with E-state index in [1.54, 1.807) is 6.20 Å². The van der Waals surface area contributed by atoms with Gasteiger partial charge < -0.3 is 9.84 Å². The van der Waals surface area contributed by atoms with Crippen LogP contribution < -0.4 is 0 Å². The van der Waals surface area contributed by atoms with Crippen molar-refractivity contribution in [3.63, 3.8) is 0 Å². The van der Waals surface area contributed by atoms with Crippen LogP contribution in [0.4, 0.5) is 0 Å². The molecule has 3 nitrogen and oxygen atoms in total. The standard InChI is InChI=1S/C15H17NO2/c17-15(12-6-9-18-10-7-12)13-5-1-3-11-4-2-8-16-14(11)13/h1-5,8,12,15,17H,6-7,9-10H2. The molecule has 0 spiro atoms. The van der Waals surface area contributed by atoms with Gasteiger partial charge in [0, 0.05) is 30.4 Å². The zero-order valence-corrected chi connectivity index (χ0v) is 10.2. The zero-order chi connectivity index (χ0) is 12.4. The first kappa shape index (κ1) is 11.6. The fourth-order valence-electron chi connectivity index (χ4n) is 2.65. The molecular weight excluding hydrogens is 226 g/mol. The van der Waals surface area contributed by atoms with E-state index >= 15 is 0 Å². The zero-order valence-electron chi connectivity index (χ0n) is 10.2. The van der Waals surface area contributed by atoms with Crippen molar-refractivity contribution < 1.29 is 9.84 Å². The van der Waals surface area contributed by atoms with Gasteiger partial charge in [0.2, 0.25) is 0 Å². The highest BCUT2D eigenvalue weighted by atomic mass is 16.5. The van der Waals surface area contributed by atoms with Gasteiger partial charge in [0.05, 0.1) is 11.6 Å². The van der Waals surface area contributed by atoms with E-state index in [2.05, 4.69) is 4.98 Å². The van der Waals surface area contributed by atoms with E-state index < -0.39 is 6.10 Å². The summed E-state index contributed by atoms with van der Waals surface area (Å²) in [5.74, 6) is 0.284. The Bertz CT molecular complexity index is 530. The number of pyridine rings is 1. The topological polar surface area (TPSA) is 42.4 Å². The van der Waals surface area contributed by atoms with Gasteiger partial charge in [-0.2, -0.15) is 0 Å². The highest BCUT2D eigenvalue weighted by molar-refractivity contribution is 5.81. The van der Waals surface area contributed by atoms with Crippen LogP contribution in [0, 0.1) is 5.92 Å². The third-order valence-electron chi connectivity index (χ3n) is 3.70. The van der Waals surface area contributed by atoms with Crippen LogP contribution >= 0.6 is 0 Å². The number of nitrogens with zero attached hydrogens (tertiary/aromatic N) is 1. The van der Waals surface area contributed by atoms with Crippen molar-refractivity contribution in [2.24, 2.45) is 5.92 Å². The molecule has 2 aromatic rings. The fraction of sp³-hybridized carbons (Fsp3) is 0.400. The van der Waals surface area contributed by atoms with Gasteiger partial charge in [-0.25, -0.2) is 0 Å². The third-order valence-corrected chi connectivity index (χ3v) is 3.70. The maximum absolute atomic E-state index is 10.5. The van der Waals surface area contributed by atoms with Crippen molar-refractivity contribution in [2.45, 2.75) is 18.9 Å². The quantitative estimate of drug-likeness (QED) is 0.881. The number of aromatic nitrogens is 1. The summed E-state index contributed by atoms with van der Waals surface area (Å²) in [7, 11) is 0. The molecule has 1 unspecified atom stereocenters. The van der Waals surface area contributed by atoms with Gasteiger partial charge in [-0.1, -0.05) is 24.3 Å². The number of aliphatic hydroxyl groups is 1. The number of hydrogen-bond acceptors (Lipinski definition) is 3. The monoisotopic (exact) mass is 243 g/mol. The van der Waals surface area contributed by atoms with Crippen molar-refractivity contribution in [1.29, 1.82) is 0 Å². The highest BCUT2D eigenvalue weighted by Crippen LogP contribution is 2.32. The first-order valence-corrected chi connectivity index (χ1v) is 6.46. The molecule has 0 amide bonds. The molecule has 1 fully saturated rings. The summed E-state index contributed by atoms with van der Waals surface area (Å²) in [6, 6.07) is 9.95. The molecule has 1 aliphatic rings. The summed E-state index contributed by atoms with van der Waals surface area (Å²) in [5, 5.41) is 11.6. The lowest BCUT2D eigenvalue weighted by Crippen LogP contribution is -2.22. The molecule has 18 heavy (non-hydrogen) atoms. The Labute approximate surface area is 106 Å². The van der Waals surface area contributed by atoms with Gasteiger partial charge in [-0.15, -0.1) is 0 Å². The molecule has 0 bridgehead atoms. The van der Waals surface area contributed by atoms with Crippen LogP contribution in [0.2, 0.25) is 0 Å². The van der Waals surface area contributed by atoms with Crippen LogP contribution in [0.1, 0.15) is 24.5 Å². The molecular formula is C15H17NO2.